The maximum Gasteiger partial charge on any atom is 0.454 e. The number of carbonyl (C=O) groups is 4. The molecular formula is C34H32Cl2F3N3O5. The Morgan fingerprint density at radius 2 is 1.55 bits per heavy atom. The van der Waals surface area contributed by atoms with E-state index in [2.05, 4.69) is 5.32 Å². The third-order valence-corrected chi connectivity index (χ3v) is 7.86. The molecule has 3 amide bonds. The molecule has 3 aromatic carbocycles. The van der Waals surface area contributed by atoms with Crippen molar-refractivity contribution in [3.05, 3.63) is 106 Å². The summed E-state index contributed by atoms with van der Waals surface area (Å²) in [5.41, 5.74) is -2.21. The first-order valence-corrected chi connectivity index (χ1v) is 15.3. The fourth-order valence-corrected chi connectivity index (χ4v) is 6.14. The van der Waals surface area contributed by atoms with Crippen LogP contribution in [0, 0.1) is 5.92 Å². The van der Waals surface area contributed by atoms with E-state index in [1.54, 1.807) is 56.3 Å². The Hall–Kier alpha value is -4.35. The number of hydrogen-bond donors (Lipinski definition) is 1. The number of benzene rings is 3. The molecule has 1 N–H and O–H groups in total. The summed E-state index contributed by atoms with van der Waals surface area (Å²) in [6.45, 7) is 5.42. The average molecular weight is 691 g/mol. The van der Waals surface area contributed by atoms with Crippen LogP contribution in [0.3, 0.4) is 0 Å². The van der Waals surface area contributed by atoms with Crippen LogP contribution < -0.4 is 10.1 Å². The summed E-state index contributed by atoms with van der Waals surface area (Å²) in [6.07, 6.45) is -4.99. The minimum Gasteiger partial charge on any atom is -0.489 e. The Kier molecular flexibility index (Phi) is 10.7. The van der Waals surface area contributed by atoms with Crippen molar-refractivity contribution in [1.29, 1.82) is 0 Å². The average Bonchev–Trinajstić information content (AvgIpc) is 2.98. The number of rotatable bonds is 10. The zero-order valence-electron chi connectivity index (χ0n) is 25.9. The second-order valence-electron chi connectivity index (χ2n) is 11.4. The lowest BCUT2D eigenvalue weighted by Gasteiger charge is -2.49. The molecule has 2 atom stereocenters. The Balaban J connectivity index is 1.96. The van der Waals surface area contributed by atoms with Gasteiger partial charge in [0.1, 0.15) is 18.4 Å². The van der Waals surface area contributed by atoms with Gasteiger partial charge < -0.3 is 15.0 Å². The van der Waals surface area contributed by atoms with Gasteiger partial charge in [-0.1, -0.05) is 79.5 Å². The third-order valence-electron chi connectivity index (χ3n) is 7.43. The van der Waals surface area contributed by atoms with Crippen LogP contribution in [0.4, 0.5) is 13.2 Å². The summed E-state index contributed by atoms with van der Waals surface area (Å²) < 4.78 is 49.7. The highest BCUT2D eigenvalue weighted by atomic mass is 35.5. The van der Waals surface area contributed by atoms with Crippen molar-refractivity contribution in [3.63, 3.8) is 0 Å². The Morgan fingerprint density at radius 1 is 0.915 bits per heavy atom. The molecule has 0 aromatic heterocycles. The first-order chi connectivity index (χ1) is 22.0. The van der Waals surface area contributed by atoms with Gasteiger partial charge in [0.2, 0.25) is 11.8 Å². The van der Waals surface area contributed by atoms with Crippen LogP contribution in [-0.4, -0.2) is 51.2 Å². The molecule has 248 valence electrons. The molecule has 0 aliphatic carbocycles. The number of hydrogen-bond acceptors (Lipinski definition) is 5. The van der Waals surface area contributed by atoms with E-state index in [4.69, 9.17) is 27.9 Å². The molecule has 1 aliphatic rings. The molecule has 0 spiro atoms. The number of nitrogens with zero attached hydrogens (tertiary/aromatic N) is 2. The number of amides is 3. The highest BCUT2D eigenvalue weighted by molar-refractivity contribution is 6.34. The lowest BCUT2D eigenvalue weighted by atomic mass is 9.87. The molecule has 4 rings (SSSR count). The van der Waals surface area contributed by atoms with Gasteiger partial charge in [-0.05, 0) is 47.4 Å². The number of carbonyl (C=O) groups excluding carboxylic acids is 4. The van der Waals surface area contributed by atoms with Gasteiger partial charge in [-0.3, -0.25) is 24.1 Å². The third kappa shape index (κ3) is 7.97. The smallest absolute Gasteiger partial charge is 0.454 e. The second-order valence-corrected chi connectivity index (χ2v) is 12.3. The molecule has 0 bridgehead atoms. The standard InChI is InChI=1S/C34H32Cl2F3N3O5/c1-20(2)30-31(45)42(33(40-21(3)43,32(46)34(37,38)39)17-23-9-6-5-7-10-23)29(18-41(30)22(4)44)25-11-8-12-28(15-25)47-19-24-13-26(35)16-27(36)14-24/h5-16,18,20,30H,17,19H2,1-4H3,(H,40,43)/t30-,33?/m1/s1. The van der Waals surface area contributed by atoms with Crippen molar-refractivity contribution < 1.29 is 37.1 Å². The Labute approximate surface area is 280 Å². The molecule has 47 heavy (non-hydrogen) atoms. The van der Waals surface area contributed by atoms with Crippen LogP contribution in [0.25, 0.3) is 5.70 Å². The molecule has 8 nitrogen and oxygen atoms in total. The molecule has 1 aliphatic heterocycles. The largest absolute Gasteiger partial charge is 0.489 e. The minimum absolute atomic E-state index is 0.0107. The van der Waals surface area contributed by atoms with Gasteiger partial charge >= 0.3 is 6.18 Å². The fraction of sp³-hybridized carbons (Fsp3) is 0.294. The number of nitrogens with one attached hydrogen (secondary N) is 1. The molecule has 1 heterocycles. The van der Waals surface area contributed by atoms with Crippen molar-refractivity contribution in [2.24, 2.45) is 5.92 Å². The van der Waals surface area contributed by atoms with Crippen LogP contribution in [0.5, 0.6) is 5.75 Å². The topological polar surface area (TPSA) is 96.0 Å². The van der Waals surface area contributed by atoms with Crippen LogP contribution in [0.15, 0.2) is 79.0 Å². The lowest BCUT2D eigenvalue weighted by molar-refractivity contribution is -0.187. The molecule has 13 heteroatoms. The molecule has 1 unspecified atom stereocenters. The van der Waals surface area contributed by atoms with Crippen LogP contribution in [-0.2, 0) is 32.2 Å². The van der Waals surface area contributed by atoms with E-state index in [-0.39, 0.29) is 29.2 Å². The van der Waals surface area contributed by atoms with Crippen LogP contribution in [0.2, 0.25) is 10.0 Å². The van der Waals surface area contributed by atoms with E-state index < -0.39 is 53.7 Å². The molecule has 3 aromatic rings. The van der Waals surface area contributed by atoms with Crippen LogP contribution in [0.1, 0.15) is 44.4 Å². The minimum atomic E-state index is -5.49. The predicted octanol–water partition coefficient (Wildman–Crippen LogP) is 6.79. The first-order valence-electron chi connectivity index (χ1n) is 14.5. The van der Waals surface area contributed by atoms with Gasteiger partial charge in [-0.15, -0.1) is 0 Å². The summed E-state index contributed by atoms with van der Waals surface area (Å²) in [7, 11) is 0. The maximum absolute atomic E-state index is 14.6. The number of ketones is 1. The SMILES string of the molecule is CC(=O)NC(Cc1ccccc1)(C(=O)C(F)(F)F)N1C(=O)[C@@H](C(C)C)N(C(C)=O)C=C1c1cccc(OCc2cc(Cl)cc(Cl)c2)c1. The second kappa shape index (κ2) is 14.2. The van der Waals surface area contributed by atoms with Gasteiger partial charge in [0.05, 0.1) is 5.70 Å². The summed E-state index contributed by atoms with van der Waals surface area (Å²) in [5, 5.41) is 2.99. The van der Waals surface area contributed by atoms with Gasteiger partial charge in [-0.25, -0.2) is 0 Å². The van der Waals surface area contributed by atoms with E-state index >= 15 is 0 Å². The summed E-state index contributed by atoms with van der Waals surface area (Å²) in [5.74, 6) is -5.27. The highest BCUT2D eigenvalue weighted by Gasteiger charge is 2.61. The van der Waals surface area contributed by atoms with Crippen molar-refractivity contribution in [3.8, 4) is 5.75 Å². The predicted molar refractivity (Wildman–Crippen MR) is 171 cm³/mol. The number of halogens is 5. The fourth-order valence-electron chi connectivity index (χ4n) is 5.57. The summed E-state index contributed by atoms with van der Waals surface area (Å²) in [6, 6.07) is 17.3. The zero-order chi connectivity index (χ0) is 34.7. The zero-order valence-corrected chi connectivity index (χ0v) is 27.4. The van der Waals surface area contributed by atoms with Crippen molar-refractivity contribution in [2.45, 2.75) is 58.6 Å². The quantitative estimate of drug-likeness (QED) is 0.253. The molecular weight excluding hydrogens is 658 g/mol. The lowest BCUT2D eigenvalue weighted by Crippen LogP contribution is -2.73. The summed E-state index contributed by atoms with van der Waals surface area (Å²) in [4.78, 5) is 55.6. The van der Waals surface area contributed by atoms with Gasteiger partial charge in [-0.2, -0.15) is 13.2 Å². The molecule has 0 radical (unpaired) electrons. The van der Waals surface area contributed by atoms with Crippen molar-refractivity contribution in [2.75, 3.05) is 0 Å². The molecule has 0 saturated carbocycles. The van der Waals surface area contributed by atoms with E-state index in [0.717, 1.165) is 11.8 Å². The number of alkyl halides is 3. The summed E-state index contributed by atoms with van der Waals surface area (Å²) >= 11 is 12.2. The van der Waals surface area contributed by atoms with Crippen molar-refractivity contribution in [1.82, 2.24) is 15.1 Å². The highest BCUT2D eigenvalue weighted by Crippen LogP contribution is 2.40. The number of Topliss-reactive ketones (excluding diaryl/α,β-unsaturated/α-hetero) is 1. The first kappa shape index (κ1) is 35.5. The molecule has 0 saturated heterocycles. The Bertz CT molecular complexity index is 1690. The van der Waals surface area contributed by atoms with E-state index in [1.165, 1.54) is 43.5 Å². The van der Waals surface area contributed by atoms with E-state index in [9.17, 15) is 32.3 Å². The monoisotopic (exact) mass is 689 g/mol. The van der Waals surface area contributed by atoms with E-state index in [0.29, 0.717) is 20.5 Å². The van der Waals surface area contributed by atoms with Gasteiger partial charge in [0, 0.05) is 42.1 Å². The molecule has 0 fully saturated rings. The normalized spacial score (nSPS) is 16.4. The maximum atomic E-state index is 14.6. The number of ether oxygens (including phenoxy) is 1. The van der Waals surface area contributed by atoms with Crippen molar-refractivity contribution >= 4 is 52.4 Å². The van der Waals surface area contributed by atoms with Crippen LogP contribution >= 0.6 is 23.2 Å². The Morgan fingerprint density at radius 3 is 2.11 bits per heavy atom. The van der Waals surface area contributed by atoms with Gasteiger partial charge in [0.15, 0.2) is 5.66 Å². The van der Waals surface area contributed by atoms with E-state index in [1.807, 2.05) is 0 Å². The van der Waals surface area contributed by atoms with Gasteiger partial charge in [0.25, 0.3) is 11.7 Å².